The number of para-hydroxylation sites is 1. The van der Waals surface area contributed by atoms with Crippen molar-refractivity contribution in [3.63, 3.8) is 0 Å². The molecule has 0 unspecified atom stereocenters. The molecule has 1 saturated carbocycles. The highest BCUT2D eigenvalue weighted by atomic mass is 14.7. The number of aromatic nitrogens is 1. The van der Waals surface area contributed by atoms with E-state index in [0.717, 1.165) is 13.0 Å². The van der Waals surface area contributed by atoms with Crippen LogP contribution in [-0.4, -0.2) is 11.5 Å². The molecule has 1 aliphatic rings. The summed E-state index contributed by atoms with van der Waals surface area (Å²) in [5.41, 5.74) is 10.5. The maximum Gasteiger partial charge on any atom is 0.0489 e. The molecule has 1 aromatic carbocycles. The highest BCUT2D eigenvalue weighted by Crippen LogP contribution is 2.43. The van der Waals surface area contributed by atoms with Crippen LogP contribution in [0.4, 0.5) is 0 Å². The Hall–Kier alpha value is -1.28. The van der Waals surface area contributed by atoms with E-state index >= 15 is 0 Å². The maximum atomic E-state index is 6.11. The Bertz CT molecular complexity index is 547. The van der Waals surface area contributed by atoms with Gasteiger partial charge in [-0.25, -0.2) is 0 Å². The Balaban J connectivity index is 2.18. The van der Waals surface area contributed by atoms with Gasteiger partial charge in [-0.2, -0.15) is 0 Å². The van der Waals surface area contributed by atoms with Crippen LogP contribution in [0.15, 0.2) is 24.4 Å². The van der Waals surface area contributed by atoms with Gasteiger partial charge in [0.2, 0.25) is 0 Å². The van der Waals surface area contributed by atoms with Gasteiger partial charge >= 0.3 is 0 Å². The Labute approximate surface area is 109 Å². The van der Waals surface area contributed by atoms with Crippen molar-refractivity contribution in [2.45, 2.75) is 44.4 Å². The summed E-state index contributed by atoms with van der Waals surface area (Å²) < 4.78 is 0. The summed E-state index contributed by atoms with van der Waals surface area (Å²) in [4.78, 5) is 3.49. The molecule has 0 bridgehead atoms. The smallest absolute Gasteiger partial charge is 0.0489 e. The molecule has 1 aromatic heterocycles. The molecule has 18 heavy (non-hydrogen) atoms. The third-order valence-electron chi connectivity index (χ3n) is 4.71. The third kappa shape index (κ3) is 1.59. The van der Waals surface area contributed by atoms with Crippen molar-refractivity contribution in [2.24, 2.45) is 5.73 Å². The van der Waals surface area contributed by atoms with Crippen molar-refractivity contribution < 1.29 is 0 Å². The van der Waals surface area contributed by atoms with Crippen LogP contribution in [0.3, 0.4) is 0 Å². The lowest BCUT2D eigenvalue weighted by Gasteiger charge is -2.27. The number of hydrogen-bond acceptors (Lipinski definition) is 1. The number of rotatable bonds is 3. The molecule has 0 amide bonds. The lowest BCUT2D eigenvalue weighted by Crippen LogP contribution is -2.31. The van der Waals surface area contributed by atoms with Gasteiger partial charge in [-0.3, -0.25) is 0 Å². The monoisotopic (exact) mass is 242 g/mol. The van der Waals surface area contributed by atoms with E-state index in [4.69, 9.17) is 5.73 Å². The topological polar surface area (TPSA) is 41.8 Å². The predicted octanol–water partition coefficient (Wildman–Crippen LogP) is 3.50. The number of aryl methyl sites for hydroxylation is 1. The van der Waals surface area contributed by atoms with Gasteiger partial charge in [0.15, 0.2) is 0 Å². The maximum absolute atomic E-state index is 6.11. The molecule has 2 aromatic rings. The van der Waals surface area contributed by atoms with Crippen molar-refractivity contribution in [3.05, 3.63) is 35.5 Å². The molecular formula is C16H22N2. The average molecular weight is 242 g/mol. The van der Waals surface area contributed by atoms with Crippen molar-refractivity contribution in [1.29, 1.82) is 0 Å². The van der Waals surface area contributed by atoms with E-state index in [-0.39, 0.29) is 5.41 Å². The molecule has 0 aliphatic heterocycles. The fourth-order valence-corrected chi connectivity index (χ4v) is 3.59. The van der Waals surface area contributed by atoms with Gasteiger partial charge in [0.1, 0.15) is 0 Å². The zero-order valence-corrected chi connectivity index (χ0v) is 11.1. The Morgan fingerprint density at radius 2 is 2.06 bits per heavy atom. The minimum atomic E-state index is 0.227. The Kier molecular flexibility index (Phi) is 2.90. The highest BCUT2D eigenvalue weighted by Gasteiger charge is 2.36. The van der Waals surface area contributed by atoms with Crippen molar-refractivity contribution in [3.8, 4) is 0 Å². The van der Waals surface area contributed by atoms with Gasteiger partial charge in [-0.15, -0.1) is 0 Å². The predicted molar refractivity (Wildman–Crippen MR) is 76.9 cm³/mol. The summed E-state index contributed by atoms with van der Waals surface area (Å²) in [5, 5.41) is 1.39. The van der Waals surface area contributed by atoms with Crippen molar-refractivity contribution >= 4 is 10.9 Å². The first kappa shape index (κ1) is 11.8. The highest BCUT2D eigenvalue weighted by molar-refractivity contribution is 5.87. The number of aromatic amines is 1. The molecule has 3 rings (SSSR count). The second-order valence-corrected chi connectivity index (χ2v) is 5.59. The van der Waals surface area contributed by atoms with Crippen LogP contribution in [0.1, 0.15) is 43.7 Å². The van der Waals surface area contributed by atoms with E-state index < -0.39 is 0 Å². The van der Waals surface area contributed by atoms with Crippen LogP contribution in [-0.2, 0) is 11.8 Å². The largest absolute Gasteiger partial charge is 0.361 e. The average Bonchev–Trinajstić information content (AvgIpc) is 3.05. The van der Waals surface area contributed by atoms with Gasteiger partial charge in [-0.05, 0) is 30.4 Å². The molecule has 1 heterocycles. The zero-order valence-electron chi connectivity index (χ0n) is 11.1. The molecule has 0 spiro atoms. The minimum absolute atomic E-state index is 0.227. The minimum Gasteiger partial charge on any atom is -0.361 e. The van der Waals surface area contributed by atoms with E-state index in [1.165, 1.54) is 47.7 Å². The SMILES string of the molecule is CCc1cccc2c(C3(CN)CCCC3)c[nH]c12. The van der Waals surface area contributed by atoms with Crippen LogP contribution in [0, 0.1) is 0 Å². The van der Waals surface area contributed by atoms with E-state index in [9.17, 15) is 0 Å². The van der Waals surface area contributed by atoms with Crippen LogP contribution in [0.2, 0.25) is 0 Å². The molecule has 2 heteroatoms. The second-order valence-electron chi connectivity index (χ2n) is 5.59. The molecule has 2 nitrogen and oxygen atoms in total. The summed E-state index contributed by atoms with van der Waals surface area (Å²) in [6.45, 7) is 2.99. The number of nitrogens with one attached hydrogen (secondary N) is 1. The van der Waals surface area contributed by atoms with Crippen LogP contribution < -0.4 is 5.73 Å². The van der Waals surface area contributed by atoms with E-state index in [2.05, 4.69) is 36.3 Å². The molecule has 0 saturated heterocycles. The van der Waals surface area contributed by atoms with Gasteiger partial charge < -0.3 is 10.7 Å². The fourth-order valence-electron chi connectivity index (χ4n) is 3.59. The van der Waals surface area contributed by atoms with Crippen molar-refractivity contribution in [1.82, 2.24) is 4.98 Å². The lowest BCUT2D eigenvalue weighted by molar-refractivity contribution is 0.457. The van der Waals surface area contributed by atoms with Gasteiger partial charge in [0, 0.05) is 29.1 Å². The molecule has 1 aliphatic carbocycles. The molecule has 1 fully saturated rings. The summed E-state index contributed by atoms with van der Waals surface area (Å²) >= 11 is 0. The summed E-state index contributed by atoms with van der Waals surface area (Å²) in [6, 6.07) is 6.64. The van der Waals surface area contributed by atoms with E-state index in [1.807, 2.05) is 0 Å². The van der Waals surface area contributed by atoms with E-state index in [1.54, 1.807) is 0 Å². The normalized spacial score (nSPS) is 18.6. The molecule has 0 radical (unpaired) electrons. The van der Waals surface area contributed by atoms with Gasteiger partial charge in [0.25, 0.3) is 0 Å². The van der Waals surface area contributed by atoms with Gasteiger partial charge in [0.05, 0.1) is 0 Å². The van der Waals surface area contributed by atoms with Crippen molar-refractivity contribution in [2.75, 3.05) is 6.54 Å². The number of nitrogens with two attached hydrogens (primary N) is 1. The summed E-state index contributed by atoms with van der Waals surface area (Å²) in [5.74, 6) is 0. The first-order valence-corrected chi connectivity index (χ1v) is 7.10. The fraction of sp³-hybridized carbons (Fsp3) is 0.500. The summed E-state index contributed by atoms with van der Waals surface area (Å²) in [6.07, 6.45) is 8.41. The third-order valence-corrected chi connectivity index (χ3v) is 4.71. The molecule has 96 valence electrons. The van der Waals surface area contributed by atoms with E-state index in [0.29, 0.717) is 0 Å². The summed E-state index contributed by atoms with van der Waals surface area (Å²) in [7, 11) is 0. The molecule has 3 N–H and O–H groups in total. The molecular weight excluding hydrogens is 220 g/mol. The zero-order chi connectivity index (χ0) is 12.6. The second kappa shape index (κ2) is 4.43. The quantitative estimate of drug-likeness (QED) is 0.850. The van der Waals surface area contributed by atoms with Gasteiger partial charge in [-0.1, -0.05) is 38.0 Å². The number of H-pyrrole nitrogens is 1. The van der Waals surface area contributed by atoms with Crippen LogP contribution >= 0.6 is 0 Å². The van der Waals surface area contributed by atoms with Crippen LogP contribution in [0.25, 0.3) is 10.9 Å². The van der Waals surface area contributed by atoms with Crippen LogP contribution in [0.5, 0.6) is 0 Å². The number of benzene rings is 1. The standard InChI is InChI=1S/C16H22N2/c1-2-12-6-5-7-13-14(10-18-15(12)13)16(11-17)8-3-4-9-16/h5-7,10,18H,2-4,8-9,11,17H2,1H3. The first-order chi connectivity index (χ1) is 8.80. The molecule has 0 atom stereocenters. The number of fused-ring (bicyclic) bond motifs is 1. The Morgan fingerprint density at radius 3 is 2.72 bits per heavy atom. The number of hydrogen-bond donors (Lipinski definition) is 2. The Morgan fingerprint density at radius 1 is 1.28 bits per heavy atom. The lowest BCUT2D eigenvalue weighted by atomic mass is 9.79. The first-order valence-electron chi connectivity index (χ1n) is 7.10.